The summed E-state index contributed by atoms with van der Waals surface area (Å²) in [5.41, 5.74) is 2.50. The average Bonchev–Trinajstić information content (AvgIpc) is 2.40. The van der Waals surface area contributed by atoms with Crippen LogP contribution in [0.15, 0.2) is 58.3 Å². The SMILES string of the molecule is CSc1ccc([CH]c2ccc(SC)cc2)cc1. The fourth-order valence-electron chi connectivity index (χ4n) is 1.59. The second kappa shape index (κ2) is 6.18. The summed E-state index contributed by atoms with van der Waals surface area (Å²) in [7, 11) is 0. The third-order valence-corrected chi connectivity index (χ3v) is 4.05. The zero-order valence-electron chi connectivity index (χ0n) is 10.0. The lowest BCUT2D eigenvalue weighted by Gasteiger charge is -2.03. The molecule has 0 N–H and O–H groups in total. The van der Waals surface area contributed by atoms with Gasteiger partial charge in [-0.15, -0.1) is 23.5 Å². The van der Waals surface area contributed by atoms with Crippen LogP contribution in [0.4, 0.5) is 0 Å². The molecule has 1 radical (unpaired) electrons. The van der Waals surface area contributed by atoms with Crippen molar-refractivity contribution in [1.82, 2.24) is 0 Å². The van der Waals surface area contributed by atoms with Gasteiger partial charge in [0.15, 0.2) is 0 Å². The van der Waals surface area contributed by atoms with Gasteiger partial charge in [0.25, 0.3) is 0 Å². The van der Waals surface area contributed by atoms with Gasteiger partial charge in [0.2, 0.25) is 0 Å². The Balaban J connectivity index is 2.08. The smallest absolute Gasteiger partial charge is 0.0199 e. The summed E-state index contributed by atoms with van der Waals surface area (Å²) in [5.74, 6) is 0. The lowest BCUT2D eigenvalue weighted by Crippen LogP contribution is -1.85. The third kappa shape index (κ3) is 3.55. The zero-order chi connectivity index (χ0) is 12.1. The highest BCUT2D eigenvalue weighted by Crippen LogP contribution is 2.20. The van der Waals surface area contributed by atoms with Crippen LogP contribution in [0.1, 0.15) is 11.1 Å². The molecule has 0 amide bonds. The van der Waals surface area contributed by atoms with E-state index in [0.29, 0.717) is 0 Å². The number of rotatable bonds is 4. The Bertz CT molecular complexity index is 412. The Morgan fingerprint density at radius 2 is 1.00 bits per heavy atom. The predicted molar refractivity (Wildman–Crippen MR) is 79.0 cm³/mol. The normalized spacial score (nSPS) is 10.5. The van der Waals surface area contributed by atoms with Gasteiger partial charge in [-0.05, 0) is 47.9 Å². The fourth-order valence-corrected chi connectivity index (χ4v) is 2.41. The molecular weight excluding hydrogens is 244 g/mol. The minimum Gasteiger partial charge on any atom is -0.130 e. The Morgan fingerprint density at radius 1 is 0.647 bits per heavy atom. The van der Waals surface area contributed by atoms with Crippen molar-refractivity contribution in [3.8, 4) is 0 Å². The molecule has 0 spiro atoms. The molecule has 0 bridgehead atoms. The van der Waals surface area contributed by atoms with Gasteiger partial charge < -0.3 is 0 Å². The zero-order valence-corrected chi connectivity index (χ0v) is 11.6. The molecule has 0 heterocycles. The van der Waals surface area contributed by atoms with Gasteiger partial charge in [-0.1, -0.05) is 24.3 Å². The van der Waals surface area contributed by atoms with Gasteiger partial charge in [0, 0.05) is 16.2 Å². The third-order valence-electron chi connectivity index (χ3n) is 2.56. The van der Waals surface area contributed by atoms with Gasteiger partial charge in [-0.2, -0.15) is 0 Å². The van der Waals surface area contributed by atoms with E-state index < -0.39 is 0 Å². The number of hydrogen-bond donors (Lipinski definition) is 0. The van der Waals surface area contributed by atoms with E-state index in [0.717, 1.165) is 0 Å². The van der Waals surface area contributed by atoms with Crippen molar-refractivity contribution in [1.29, 1.82) is 0 Å². The lowest BCUT2D eigenvalue weighted by molar-refractivity contribution is 1.35. The summed E-state index contributed by atoms with van der Waals surface area (Å²) in [6.07, 6.45) is 6.40. The molecule has 17 heavy (non-hydrogen) atoms. The second-order valence-electron chi connectivity index (χ2n) is 3.69. The Morgan fingerprint density at radius 3 is 1.29 bits per heavy atom. The van der Waals surface area contributed by atoms with Gasteiger partial charge >= 0.3 is 0 Å². The molecule has 0 aliphatic rings. The second-order valence-corrected chi connectivity index (χ2v) is 5.45. The van der Waals surface area contributed by atoms with Crippen LogP contribution < -0.4 is 0 Å². The molecule has 0 fully saturated rings. The largest absolute Gasteiger partial charge is 0.130 e. The maximum Gasteiger partial charge on any atom is 0.0199 e. The minimum absolute atomic E-state index is 1.25. The molecule has 0 aliphatic carbocycles. The van der Waals surface area contributed by atoms with E-state index in [1.54, 1.807) is 23.5 Å². The fraction of sp³-hybridized carbons (Fsp3) is 0.133. The summed E-state index contributed by atoms with van der Waals surface area (Å²) >= 11 is 3.54. The molecule has 2 rings (SSSR count). The molecular formula is C15H15S2. The standard InChI is InChI=1S/C15H15S2/c1-16-14-7-3-12(4-8-14)11-13-5-9-15(17-2)10-6-13/h3-11H,1-2H3. The number of thioether (sulfide) groups is 2. The maximum absolute atomic E-state index is 2.20. The van der Waals surface area contributed by atoms with E-state index in [1.807, 2.05) is 0 Å². The van der Waals surface area contributed by atoms with Crippen LogP contribution in [0, 0.1) is 6.42 Å². The quantitative estimate of drug-likeness (QED) is 0.728. The molecule has 2 aromatic carbocycles. The molecule has 0 unspecified atom stereocenters. The lowest BCUT2D eigenvalue weighted by atomic mass is 10.1. The van der Waals surface area contributed by atoms with E-state index in [9.17, 15) is 0 Å². The van der Waals surface area contributed by atoms with Crippen molar-refractivity contribution < 1.29 is 0 Å². The van der Waals surface area contributed by atoms with Crippen LogP contribution >= 0.6 is 23.5 Å². The van der Waals surface area contributed by atoms with E-state index in [4.69, 9.17) is 0 Å². The molecule has 2 heteroatoms. The van der Waals surface area contributed by atoms with Crippen molar-refractivity contribution >= 4 is 23.5 Å². The molecule has 2 aromatic rings. The van der Waals surface area contributed by atoms with E-state index in [1.165, 1.54) is 20.9 Å². The summed E-state index contributed by atoms with van der Waals surface area (Å²) in [4.78, 5) is 2.61. The van der Waals surface area contributed by atoms with Crippen LogP contribution in [0.5, 0.6) is 0 Å². The molecule has 87 valence electrons. The predicted octanol–water partition coefficient (Wildman–Crippen LogP) is 4.73. The topological polar surface area (TPSA) is 0 Å². The van der Waals surface area contributed by atoms with Crippen LogP contribution in [0.2, 0.25) is 0 Å². The Hall–Kier alpha value is -0.860. The molecule has 0 nitrogen and oxygen atoms in total. The summed E-state index contributed by atoms with van der Waals surface area (Å²) in [6.45, 7) is 0. The first-order chi connectivity index (χ1) is 8.31. The summed E-state index contributed by atoms with van der Waals surface area (Å²) < 4.78 is 0. The molecule has 0 aromatic heterocycles. The number of hydrogen-bond acceptors (Lipinski definition) is 2. The van der Waals surface area contributed by atoms with Gasteiger partial charge in [0.05, 0.1) is 0 Å². The van der Waals surface area contributed by atoms with Crippen LogP contribution in [0.3, 0.4) is 0 Å². The number of benzene rings is 2. The van der Waals surface area contributed by atoms with Gasteiger partial charge in [0.1, 0.15) is 0 Å². The van der Waals surface area contributed by atoms with Crippen molar-refractivity contribution in [3.05, 3.63) is 66.1 Å². The van der Waals surface area contributed by atoms with Crippen molar-refractivity contribution in [2.24, 2.45) is 0 Å². The van der Waals surface area contributed by atoms with Crippen molar-refractivity contribution in [3.63, 3.8) is 0 Å². The first-order valence-corrected chi connectivity index (χ1v) is 7.89. The molecule has 0 atom stereocenters. The van der Waals surface area contributed by atoms with E-state index in [-0.39, 0.29) is 0 Å². The van der Waals surface area contributed by atoms with E-state index >= 15 is 0 Å². The first-order valence-electron chi connectivity index (χ1n) is 5.44. The van der Waals surface area contributed by atoms with Gasteiger partial charge in [-0.25, -0.2) is 0 Å². The van der Waals surface area contributed by atoms with E-state index in [2.05, 4.69) is 67.5 Å². The van der Waals surface area contributed by atoms with Crippen LogP contribution in [-0.2, 0) is 0 Å². The molecule has 0 saturated carbocycles. The highest BCUT2D eigenvalue weighted by atomic mass is 32.2. The summed E-state index contributed by atoms with van der Waals surface area (Å²) in [6, 6.07) is 17.3. The molecule has 0 saturated heterocycles. The maximum atomic E-state index is 2.20. The molecule has 0 aliphatic heterocycles. The highest BCUT2D eigenvalue weighted by molar-refractivity contribution is 7.98. The van der Waals surface area contributed by atoms with Crippen LogP contribution in [0.25, 0.3) is 0 Å². The first kappa shape index (κ1) is 12.6. The van der Waals surface area contributed by atoms with Crippen molar-refractivity contribution in [2.75, 3.05) is 12.5 Å². The van der Waals surface area contributed by atoms with Crippen molar-refractivity contribution in [2.45, 2.75) is 9.79 Å². The highest BCUT2D eigenvalue weighted by Gasteiger charge is 1.98. The average molecular weight is 259 g/mol. The van der Waals surface area contributed by atoms with Crippen LogP contribution in [-0.4, -0.2) is 12.5 Å². The minimum atomic E-state index is 1.25. The Kier molecular flexibility index (Phi) is 4.57. The monoisotopic (exact) mass is 259 g/mol. The van der Waals surface area contributed by atoms with Gasteiger partial charge in [-0.3, -0.25) is 0 Å². The summed E-state index contributed by atoms with van der Waals surface area (Å²) in [5, 5.41) is 0. The Labute approximate surface area is 112 Å².